The first-order chi connectivity index (χ1) is 12.3. The minimum atomic E-state index is 0.567. The van der Waals surface area contributed by atoms with Crippen LogP contribution in [0.3, 0.4) is 0 Å². The number of fused-ring (bicyclic) bond motifs is 3. The van der Waals surface area contributed by atoms with E-state index >= 15 is 0 Å². The van der Waals surface area contributed by atoms with Crippen molar-refractivity contribution in [3.05, 3.63) is 53.5 Å². The molecule has 1 N–H and O–H groups in total. The monoisotopic (exact) mass is 348 g/mol. The number of rotatable bonds is 2. The lowest BCUT2D eigenvalue weighted by Gasteiger charge is -2.14. The molecule has 0 fully saturated rings. The molecule has 1 aliphatic rings. The second kappa shape index (κ2) is 7.54. The summed E-state index contributed by atoms with van der Waals surface area (Å²) < 4.78 is 0. The van der Waals surface area contributed by atoms with E-state index in [2.05, 4.69) is 27.4 Å². The van der Waals surface area contributed by atoms with Crippen LogP contribution in [0.2, 0.25) is 0 Å². The maximum absolute atomic E-state index is 9.51. The summed E-state index contributed by atoms with van der Waals surface area (Å²) in [6, 6.07) is 10.3. The molecule has 5 heteroatoms. The van der Waals surface area contributed by atoms with Gasteiger partial charge in [-0.05, 0) is 43.2 Å². The average Bonchev–Trinajstić information content (AvgIpc) is 3.12. The molecule has 0 saturated heterocycles. The molecule has 0 radical (unpaired) electrons. The number of aromatic nitrogens is 2. The molecule has 4 nitrogen and oxygen atoms in total. The topological polar surface area (TPSA) is 61.6 Å². The van der Waals surface area contributed by atoms with Crippen molar-refractivity contribution in [1.29, 1.82) is 5.26 Å². The molecule has 4 rings (SSSR count). The lowest BCUT2D eigenvalue weighted by molar-refractivity contribution is 1.16. The molecule has 0 atom stereocenters. The minimum Gasteiger partial charge on any atom is -0.354 e. The fraction of sp³-hybridized carbons (Fsp3) is 0.250. The van der Waals surface area contributed by atoms with Crippen molar-refractivity contribution in [3.8, 4) is 6.07 Å². The first-order valence-electron chi connectivity index (χ1n) is 8.43. The Labute approximate surface area is 152 Å². The Morgan fingerprint density at radius 1 is 1.20 bits per heavy atom. The van der Waals surface area contributed by atoms with Gasteiger partial charge in [-0.1, -0.05) is 13.8 Å². The summed E-state index contributed by atoms with van der Waals surface area (Å²) in [6.07, 6.45) is 4.43. The van der Waals surface area contributed by atoms with Gasteiger partial charge < -0.3 is 5.32 Å². The van der Waals surface area contributed by atoms with Gasteiger partial charge in [-0.3, -0.25) is 9.97 Å². The average molecular weight is 348 g/mol. The number of nitriles is 1. The third kappa shape index (κ3) is 3.31. The molecule has 0 spiro atoms. The summed E-state index contributed by atoms with van der Waals surface area (Å²) in [6.45, 7) is 5.95. The van der Waals surface area contributed by atoms with Gasteiger partial charge in [-0.25, -0.2) is 0 Å². The Morgan fingerprint density at radius 3 is 2.80 bits per heavy atom. The van der Waals surface area contributed by atoms with Crippen molar-refractivity contribution in [3.63, 3.8) is 0 Å². The Morgan fingerprint density at radius 2 is 2.04 bits per heavy atom. The molecule has 1 aliphatic heterocycles. The van der Waals surface area contributed by atoms with Gasteiger partial charge in [0.2, 0.25) is 0 Å². The van der Waals surface area contributed by atoms with E-state index in [1.54, 1.807) is 12.4 Å². The van der Waals surface area contributed by atoms with Crippen molar-refractivity contribution in [2.24, 2.45) is 0 Å². The van der Waals surface area contributed by atoms with E-state index in [0.717, 1.165) is 40.1 Å². The van der Waals surface area contributed by atoms with Crippen LogP contribution in [0.25, 0.3) is 10.9 Å². The molecule has 0 unspecified atom stereocenters. The number of nitrogens with one attached hydrogen (secondary N) is 1. The number of anilines is 2. The lowest BCUT2D eigenvalue weighted by Crippen LogP contribution is -2.00. The number of pyridine rings is 2. The van der Waals surface area contributed by atoms with Crippen LogP contribution in [0.4, 0.5) is 11.4 Å². The molecule has 2 aromatic heterocycles. The van der Waals surface area contributed by atoms with Crippen molar-refractivity contribution in [2.45, 2.75) is 32.1 Å². The van der Waals surface area contributed by atoms with Gasteiger partial charge in [0, 0.05) is 39.8 Å². The minimum absolute atomic E-state index is 0.567. The summed E-state index contributed by atoms with van der Waals surface area (Å²) >= 11 is 1.87. The van der Waals surface area contributed by atoms with Crippen LogP contribution in [-0.4, -0.2) is 15.7 Å². The van der Waals surface area contributed by atoms with Crippen LogP contribution < -0.4 is 5.32 Å². The van der Waals surface area contributed by atoms with E-state index in [0.29, 0.717) is 5.56 Å². The summed E-state index contributed by atoms with van der Waals surface area (Å²) in [5.41, 5.74) is 5.51. The van der Waals surface area contributed by atoms with Crippen LogP contribution in [0.1, 0.15) is 30.7 Å². The highest BCUT2D eigenvalue weighted by Crippen LogP contribution is 2.40. The molecule has 3 aromatic rings. The second-order valence-corrected chi connectivity index (χ2v) is 6.64. The van der Waals surface area contributed by atoms with Crippen molar-refractivity contribution < 1.29 is 0 Å². The molecule has 25 heavy (non-hydrogen) atoms. The standard InChI is InChI=1S/C18H14N4S.C2H6/c1-11-8-13(4-6-20-11)22-18-12(9-19)10-21-15-2-3-16-14(17(15)18)5-7-23-16;1-2/h2-4,6,8,10H,5,7H2,1H3,(H,20,21,22);1-2H3. The SMILES string of the molecule is CC.Cc1cc(Nc2c(C#N)cnc3ccc4c(c23)CCS4)ccn1. The van der Waals surface area contributed by atoms with Gasteiger partial charge in [0.1, 0.15) is 6.07 Å². The van der Waals surface area contributed by atoms with E-state index in [-0.39, 0.29) is 0 Å². The van der Waals surface area contributed by atoms with Crippen LogP contribution in [-0.2, 0) is 6.42 Å². The highest BCUT2D eigenvalue weighted by Gasteiger charge is 2.19. The highest BCUT2D eigenvalue weighted by atomic mass is 32.2. The summed E-state index contributed by atoms with van der Waals surface area (Å²) in [5.74, 6) is 1.08. The molecule has 0 amide bonds. The van der Waals surface area contributed by atoms with Gasteiger partial charge >= 0.3 is 0 Å². The number of nitrogens with zero attached hydrogens (tertiary/aromatic N) is 3. The third-order valence-electron chi connectivity index (χ3n) is 4.00. The van der Waals surface area contributed by atoms with Gasteiger partial charge in [0.05, 0.1) is 16.8 Å². The molecule has 0 aliphatic carbocycles. The van der Waals surface area contributed by atoms with Gasteiger partial charge in [-0.2, -0.15) is 5.26 Å². The zero-order chi connectivity index (χ0) is 17.8. The van der Waals surface area contributed by atoms with Gasteiger partial charge in [-0.15, -0.1) is 11.8 Å². The maximum atomic E-state index is 9.51. The first-order valence-corrected chi connectivity index (χ1v) is 9.42. The molecule has 0 saturated carbocycles. The zero-order valence-electron chi connectivity index (χ0n) is 14.6. The Bertz CT molecular complexity index is 960. The van der Waals surface area contributed by atoms with E-state index < -0.39 is 0 Å². The van der Waals surface area contributed by atoms with E-state index in [1.807, 2.05) is 50.7 Å². The molecule has 0 bridgehead atoms. The summed E-state index contributed by atoms with van der Waals surface area (Å²) in [7, 11) is 0. The summed E-state index contributed by atoms with van der Waals surface area (Å²) in [5, 5.41) is 14.0. The number of benzene rings is 1. The van der Waals surface area contributed by atoms with Crippen molar-refractivity contribution in [2.75, 3.05) is 11.1 Å². The van der Waals surface area contributed by atoms with E-state index in [4.69, 9.17) is 0 Å². The largest absolute Gasteiger partial charge is 0.354 e. The van der Waals surface area contributed by atoms with Gasteiger partial charge in [0.25, 0.3) is 0 Å². The van der Waals surface area contributed by atoms with Crippen LogP contribution in [0.5, 0.6) is 0 Å². The van der Waals surface area contributed by atoms with Crippen LogP contribution in [0.15, 0.2) is 41.6 Å². The molecule has 126 valence electrons. The molecular weight excluding hydrogens is 328 g/mol. The molecule has 3 heterocycles. The number of thioether (sulfide) groups is 1. The van der Waals surface area contributed by atoms with Gasteiger partial charge in [0.15, 0.2) is 0 Å². The summed E-state index contributed by atoms with van der Waals surface area (Å²) in [4.78, 5) is 9.98. The Kier molecular flexibility index (Phi) is 5.20. The van der Waals surface area contributed by atoms with E-state index in [1.165, 1.54) is 10.5 Å². The zero-order valence-corrected chi connectivity index (χ0v) is 15.4. The maximum Gasteiger partial charge on any atom is 0.103 e. The van der Waals surface area contributed by atoms with Crippen molar-refractivity contribution >= 4 is 34.0 Å². The Balaban J connectivity index is 0.000000880. The molecular formula is C20H20N4S. The third-order valence-corrected chi connectivity index (χ3v) is 5.10. The first kappa shape index (κ1) is 17.2. The second-order valence-electron chi connectivity index (χ2n) is 5.50. The fourth-order valence-electron chi connectivity index (χ4n) is 2.96. The Hall–Kier alpha value is -2.58. The predicted octanol–water partition coefficient (Wildman–Crippen LogP) is 5.23. The number of hydrogen-bond donors (Lipinski definition) is 1. The molecule has 1 aromatic carbocycles. The quantitative estimate of drug-likeness (QED) is 0.687. The smallest absolute Gasteiger partial charge is 0.103 e. The fourth-order valence-corrected chi connectivity index (χ4v) is 4.03. The van der Waals surface area contributed by atoms with Crippen LogP contribution >= 0.6 is 11.8 Å². The van der Waals surface area contributed by atoms with Crippen LogP contribution in [0, 0.1) is 18.3 Å². The number of hydrogen-bond acceptors (Lipinski definition) is 5. The highest BCUT2D eigenvalue weighted by molar-refractivity contribution is 7.99. The van der Waals surface area contributed by atoms with Crippen molar-refractivity contribution in [1.82, 2.24) is 9.97 Å². The predicted molar refractivity (Wildman–Crippen MR) is 104 cm³/mol. The van der Waals surface area contributed by atoms with E-state index in [9.17, 15) is 5.26 Å². The normalized spacial score (nSPS) is 12.1. The number of aryl methyl sites for hydroxylation is 2. The lowest BCUT2D eigenvalue weighted by atomic mass is 10.0.